The van der Waals surface area contributed by atoms with Crippen LogP contribution in [0.1, 0.15) is 17.1 Å². The van der Waals surface area contributed by atoms with Crippen molar-refractivity contribution < 1.29 is 14.7 Å². The first-order valence-electron chi connectivity index (χ1n) is 6.29. The molecule has 6 nitrogen and oxygen atoms in total. The molecule has 0 fully saturated rings. The van der Waals surface area contributed by atoms with Gasteiger partial charge in [-0.3, -0.25) is 4.79 Å². The fourth-order valence-corrected chi connectivity index (χ4v) is 2.66. The maximum atomic E-state index is 12.0. The maximum absolute atomic E-state index is 12.0. The Labute approximate surface area is 121 Å². The third kappa shape index (κ3) is 3.57. The predicted octanol–water partition coefficient (Wildman–Crippen LogP) is 1.62. The van der Waals surface area contributed by atoms with Crippen molar-refractivity contribution in [2.45, 2.75) is 25.9 Å². The van der Waals surface area contributed by atoms with Gasteiger partial charge in [0.1, 0.15) is 0 Å². The fraction of sp³-hybridized carbons (Fsp3) is 0.462. The number of aliphatic carboxylic acids is 1. The largest absolute Gasteiger partial charge is 0.481 e. The van der Waals surface area contributed by atoms with Crippen molar-refractivity contribution in [2.24, 2.45) is 5.92 Å². The molecule has 0 bridgehead atoms. The Balaban J connectivity index is 1.83. The highest BCUT2D eigenvalue weighted by Crippen LogP contribution is 2.18. The van der Waals surface area contributed by atoms with Crippen LogP contribution in [0.4, 0.5) is 4.79 Å². The van der Waals surface area contributed by atoms with E-state index in [0.717, 1.165) is 10.7 Å². The second-order valence-electron chi connectivity index (χ2n) is 4.84. The summed E-state index contributed by atoms with van der Waals surface area (Å²) in [6.45, 7) is 2.36. The van der Waals surface area contributed by atoms with Gasteiger partial charge in [-0.1, -0.05) is 12.2 Å². The SMILES string of the molecule is Cc1nc(CN(C)C(=O)NC2C=CC(C(=O)O)C2)cs1. The van der Waals surface area contributed by atoms with E-state index >= 15 is 0 Å². The number of carbonyl (C=O) groups excluding carboxylic acids is 1. The number of nitrogens with zero attached hydrogens (tertiary/aromatic N) is 2. The molecule has 1 aliphatic carbocycles. The Morgan fingerprint density at radius 3 is 2.85 bits per heavy atom. The van der Waals surface area contributed by atoms with Gasteiger partial charge in [0, 0.05) is 12.4 Å². The zero-order chi connectivity index (χ0) is 14.7. The summed E-state index contributed by atoms with van der Waals surface area (Å²) in [7, 11) is 1.69. The first-order valence-corrected chi connectivity index (χ1v) is 7.17. The van der Waals surface area contributed by atoms with E-state index < -0.39 is 11.9 Å². The first-order chi connectivity index (χ1) is 9.45. The highest BCUT2D eigenvalue weighted by Gasteiger charge is 2.26. The van der Waals surface area contributed by atoms with Gasteiger partial charge in [0.05, 0.1) is 29.2 Å². The minimum Gasteiger partial charge on any atom is -0.481 e. The van der Waals surface area contributed by atoms with Crippen molar-refractivity contribution in [2.75, 3.05) is 7.05 Å². The van der Waals surface area contributed by atoms with Gasteiger partial charge in [0.15, 0.2) is 0 Å². The van der Waals surface area contributed by atoms with E-state index in [9.17, 15) is 9.59 Å². The molecule has 2 unspecified atom stereocenters. The van der Waals surface area contributed by atoms with Gasteiger partial charge >= 0.3 is 12.0 Å². The first kappa shape index (κ1) is 14.5. The van der Waals surface area contributed by atoms with Gasteiger partial charge < -0.3 is 15.3 Å². The monoisotopic (exact) mass is 295 g/mol. The number of amides is 2. The zero-order valence-electron chi connectivity index (χ0n) is 11.4. The molecule has 7 heteroatoms. The third-order valence-electron chi connectivity index (χ3n) is 3.12. The number of hydrogen-bond acceptors (Lipinski definition) is 4. The van der Waals surface area contributed by atoms with E-state index in [0.29, 0.717) is 13.0 Å². The smallest absolute Gasteiger partial charge is 0.317 e. The molecule has 0 aromatic carbocycles. The molecule has 108 valence electrons. The lowest BCUT2D eigenvalue weighted by atomic mass is 10.1. The normalized spacial score (nSPS) is 20.9. The van der Waals surface area contributed by atoms with Crippen LogP contribution in [0.15, 0.2) is 17.5 Å². The van der Waals surface area contributed by atoms with Crippen molar-refractivity contribution in [1.82, 2.24) is 15.2 Å². The van der Waals surface area contributed by atoms with E-state index in [1.54, 1.807) is 30.5 Å². The Morgan fingerprint density at radius 1 is 1.55 bits per heavy atom. The summed E-state index contributed by atoms with van der Waals surface area (Å²) in [5.41, 5.74) is 0.857. The minimum absolute atomic E-state index is 0.219. The summed E-state index contributed by atoms with van der Waals surface area (Å²) in [4.78, 5) is 28.7. The van der Waals surface area contributed by atoms with Crippen molar-refractivity contribution in [3.8, 4) is 0 Å². The molecule has 0 radical (unpaired) electrons. The van der Waals surface area contributed by atoms with Crippen LogP contribution in [0.3, 0.4) is 0 Å². The zero-order valence-corrected chi connectivity index (χ0v) is 12.2. The van der Waals surface area contributed by atoms with E-state index in [1.807, 2.05) is 12.3 Å². The lowest BCUT2D eigenvalue weighted by Crippen LogP contribution is -2.41. The van der Waals surface area contributed by atoms with Crippen LogP contribution < -0.4 is 5.32 Å². The van der Waals surface area contributed by atoms with E-state index in [2.05, 4.69) is 10.3 Å². The second-order valence-corrected chi connectivity index (χ2v) is 5.90. The molecule has 1 aromatic rings. The highest BCUT2D eigenvalue weighted by molar-refractivity contribution is 7.09. The summed E-state index contributed by atoms with van der Waals surface area (Å²) < 4.78 is 0. The molecule has 2 N–H and O–H groups in total. The summed E-state index contributed by atoms with van der Waals surface area (Å²) in [6, 6.07) is -0.445. The van der Waals surface area contributed by atoms with Crippen molar-refractivity contribution in [1.29, 1.82) is 0 Å². The summed E-state index contributed by atoms with van der Waals surface area (Å²) >= 11 is 1.55. The molecule has 2 atom stereocenters. The molecule has 0 saturated carbocycles. The molecule has 0 aliphatic heterocycles. The molecule has 0 spiro atoms. The Kier molecular flexibility index (Phi) is 4.39. The lowest BCUT2D eigenvalue weighted by molar-refractivity contribution is -0.140. The minimum atomic E-state index is -0.857. The summed E-state index contributed by atoms with van der Waals surface area (Å²) in [5.74, 6) is -1.36. The van der Waals surface area contributed by atoms with Gasteiger partial charge in [-0.15, -0.1) is 11.3 Å². The van der Waals surface area contributed by atoms with Crippen LogP contribution in [0.2, 0.25) is 0 Å². The summed E-state index contributed by atoms with van der Waals surface area (Å²) in [6.07, 6.45) is 3.76. The number of urea groups is 1. The number of aryl methyl sites for hydroxylation is 1. The Bertz CT molecular complexity index is 541. The number of nitrogens with one attached hydrogen (secondary N) is 1. The number of hydrogen-bond donors (Lipinski definition) is 2. The Morgan fingerprint density at radius 2 is 2.30 bits per heavy atom. The average molecular weight is 295 g/mol. The highest BCUT2D eigenvalue weighted by atomic mass is 32.1. The van der Waals surface area contributed by atoms with E-state index in [1.165, 1.54) is 4.90 Å². The van der Waals surface area contributed by atoms with Crippen molar-refractivity contribution in [3.63, 3.8) is 0 Å². The van der Waals surface area contributed by atoms with Gasteiger partial charge in [-0.25, -0.2) is 9.78 Å². The van der Waals surface area contributed by atoms with Crippen LogP contribution in [0, 0.1) is 12.8 Å². The van der Waals surface area contributed by atoms with Gasteiger partial charge in [0.2, 0.25) is 0 Å². The van der Waals surface area contributed by atoms with Crippen molar-refractivity contribution >= 4 is 23.3 Å². The van der Waals surface area contributed by atoms with E-state index in [-0.39, 0.29) is 12.1 Å². The molecule has 1 aromatic heterocycles. The molecule has 20 heavy (non-hydrogen) atoms. The number of aromatic nitrogens is 1. The second kappa shape index (κ2) is 6.04. The van der Waals surface area contributed by atoms with Gasteiger partial charge in [-0.05, 0) is 13.3 Å². The van der Waals surface area contributed by atoms with Crippen LogP contribution in [0.25, 0.3) is 0 Å². The van der Waals surface area contributed by atoms with Gasteiger partial charge in [-0.2, -0.15) is 0 Å². The van der Waals surface area contributed by atoms with Crippen LogP contribution in [0.5, 0.6) is 0 Å². The summed E-state index contributed by atoms with van der Waals surface area (Å²) in [5, 5.41) is 14.6. The molecular formula is C13H17N3O3S. The van der Waals surface area contributed by atoms with Crippen LogP contribution in [-0.2, 0) is 11.3 Å². The molecule has 2 rings (SSSR count). The van der Waals surface area contributed by atoms with Crippen LogP contribution >= 0.6 is 11.3 Å². The molecule has 1 heterocycles. The molecule has 1 aliphatic rings. The predicted molar refractivity (Wildman–Crippen MR) is 75.5 cm³/mol. The van der Waals surface area contributed by atoms with E-state index in [4.69, 9.17) is 5.11 Å². The molecule has 0 saturated heterocycles. The number of carbonyl (C=O) groups is 2. The number of carboxylic acids is 1. The Hall–Kier alpha value is -1.89. The average Bonchev–Trinajstić information content (AvgIpc) is 2.98. The molecule has 2 amide bonds. The fourth-order valence-electron chi connectivity index (χ4n) is 2.05. The lowest BCUT2D eigenvalue weighted by Gasteiger charge is -2.20. The maximum Gasteiger partial charge on any atom is 0.317 e. The number of thiazole rings is 1. The van der Waals surface area contributed by atoms with Crippen LogP contribution in [-0.4, -0.2) is 40.1 Å². The van der Waals surface area contributed by atoms with Gasteiger partial charge in [0.25, 0.3) is 0 Å². The third-order valence-corrected chi connectivity index (χ3v) is 3.94. The number of carboxylic acid groups (broad SMARTS) is 1. The standard InChI is InChI=1S/C13H17N3O3S/c1-8-14-11(7-20-8)6-16(2)13(19)15-10-4-3-9(5-10)12(17)18/h3-4,7,9-10H,5-6H2,1-2H3,(H,15,19)(H,17,18). The van der Waals surface area contributed by atoms with Crippen molar-refractivity contribution in [3.05, 3.63) is 28.2 Å². The number of rotatable bonds is 4. The molecular weight excluding hydrogens is 278 g/mol. The quantitative estimate of drug-likeness (QED) is 0.827. The topological polar surface area (TPSA) is 82.5 Å².